The minimum absolute atomic E-state index is 0.0177. The zero-order chi connectivity index (χ0) is 42.2. The molecule has 3 aliphatic rings. The van der Waals surface area contributed by atoms with Crippen LogP contribution in [0.15, 0.2) is 150 Å². The van der Waals surface area contributed by atoms with Gasteiger partial charge < -0.3 is 14.2 Å². The fourth-order valence-corrected chi connectivity index (χ4v) is 11.8. The number of fused-ring (bicyclic) bond motifs is 10. The van der Waals surface area contributed by atoms with Gasteiger partial charge in [-0.15, -0.1) is 11.3 Å². The molecule has 5 heteroatoms. The highest BCUT2D eigenvalue weighted by atomic mass is 32.1. The van der Waals surface area contributed by atoms with E-state index < -0.39 is 0 Å². The first kappa shape index (κ1) is 37.5. The Morgan fingerprint density at radius 1 is 0.565 bits per heavy atom. The molecule has 0 amide bonds. The SMILES string of the molecule is Cc1cc2c3c(c1)N(c1ccc4c(c1)oc1ccccc14)c1cc(C(C)(C)C)ccc1B3c1ccc(C(C)(C)C)cc1N2c1ccc(C2=CCCc3c2sc2ccccc32)cc1. The van der Waals surface area contributed by atoms with Gasteiger partial charge in [0, 0.05) is 60.5 Å². The van der Waals surface area contributed by atoms with Crippen molar-refractivity contribution in [1.82, 2.24) is 0 Å². The molecule has 0 atom stereocenters. The highest BCUT2D eigenvalue weighted by Gasteiger charge is 2.44. The first-order valence-electron chi connectivity index (χ1n) is 22.2. The maximum Gasteiger partial charge on any atom is 0.252 e. The van der Waals surface area contributed by atoms with Gasteiger partial charge >= 0.3 is 0 Å². The van der Waals surface area contributed by atoms with Crippen molar-refractivity contribution >= 4 is 106 Å². The fourth-order valence-electron chi connectivity index (χ4n) is 10.5. The van der Waals surface area contributed by atoms with Gasteiger partial charge in [0.15, 0.2) is 0 Å². The normalized spacial score (nSPS) is 14.6. The molecule has 7 aromatic carbocycles. The summed E-state index contributed by atoms with van der Waals surface area (Å²) in [4.78, 5) is 6.51. The molecule has 302 valence electrons. The van der Waals surface area contributed by atoms with Crippen LogP contribution in [0, 0.1) is 6.92 Å². The van der Waals surface area contributed by atoms with E-state index in [2.05, 4.69) is 204 Å². The maximum atomic E-state index is 6.55. The van der Waals surface area contributed by atoms with Crippen molar-refractivity contribution in [2.45, 2.75) is 72.1 Å². The second-order valence-corrected chi connectivity index (χ2v) is 20.8. The van der Waals surface area contributed by atoms with Crippen molar-refractivity contribution in [3.8, 4) is 0 Å². The lowest BCUT2D eigenvalue weighted by molar-refractivity contribution is 0.590. The zero-order valence-electron chi connectivity index (χ0n) is 36.6. The monoisotopic (exact) mass is 820 g/mol. The molecule has 0 radical (unpaired) electrons. The van der Waals surface area contributed by atoms with Crippen LogP contribution in [0.2, 0.25) is 0 Å². The van der Waals surface area contributed by atoms with Gasteiger partial charge in [-0.3, -0.25) is 0 Å². The Morgan fingerprint density at radius 2 is 1.16 bits per heavy atom. The Morgan fingerprint density at radius 3 is 1.84 bits per heavy atom. The highest BCUT2D eigenvalue weighted by molar-refractivity contribution is 7.20. The van der Waals surface area contributed by atoms with Crippen LogP contribution < -0.4 is 26.2 Å². The average Bonchev–Trinajstić information content (AvgIpc) is 3.83. The Kier molecular flexibility index (Phi) is 8.07. The number of rotatable bonds is 3. The van der Waals surface area contributed by atoms with E-state index in [0.717, 1.165) is 40.5 Å². The van der Waals surface area contributed by atoms with Crippen molar-refractivity contribution in [1.29, 1.82) is 0 Å². The molecule has 0 saturated carbocycles. The van der Waals surface area contributed by atoms with Crippen LogP contribution in [-0.2, 0) is 17.3 Å². The Balaban J connectivity index is 1.08. The van der Waals surface area contributed by atoms with E-state index in [0.29, 0.717) is 0 Å². The quantitative estimate of drug-likeness (QED) is 0.166. The number of thiophene rings is 1. The van der Waals surface area contributed by atoms with Crippen LogP contribution >= 0.6 is 11.3 Å². The van der Waals surface area contributed by atoms with Gasteiger partial charge in [-0.1, -0.05) is 120 Å². The minimum atomic E-state index is -0.0251. The molecule has 0 N–H and O–H groups in total. The number of benzene rings is 7. The maximum absolute atomic E-state index is 6.55. The van der Waals surface area contributed by atoms with Crippen molar-refractivity contribution in [3.05, 3.63) is 178 Å². The Labute approximate surface area is 369 Å². The average molecular weight is 821 g/mol. The second-order valence-electron chi connectivity index (χ2n) is 19.8. The molecule has 4 heterocycles. The number of furan rings is 1. The topological polar surface area (TPSA) is 19.6 Å². The molecule has 9 aromatic rings. The molecule has 0 unspecified atom stereocenters. The van der Waals surface area contributed by atoms with Crippen molar-refractivity contribution in [2.75, 3.05) is 9.80 Å². The molecule has 0 fully saturated rings. The van der Waals surface area contributed by atoms with Crippen molar-refractivity contribution in [3.63, 3.8) is 0 Å². The summed E-state index contributed by atoms with van der Waals surface area (Å²) < 4.78 is 7.93. The summed E-state index contributed by atoms with van der Waals surface area (Å²) >= 11 is 1.94. The number of para-hydroxylation sites is 1. The smallest absolute Gasteiger partial charge is 0.252 e. The molecule has 62 heavy (non-hydrogen) atoms. The summed E-state index contributed by atoms with van der Waals surface area (Å²) in [6.45, 7) is 16.2. The van der Waals surface area contributed by atoms with Crippen LogP contribution in [-0.4, -0.2) is 6.71 Å². The molecule has 0 saturated heterocycles. The van der Waals surface area contributed by atoms with Crippen molar-refractivity contribution in [2.24, 2.45) is 0 Å². The molecular weight excluding hydrogens is 772 g/mol. The lowest BCUT2D eigenvalue weighted by Crippen LogP contribution is -2.61. The fraction of sp³-hybridized carbons (Fsp3) is 0.193. The number of anilines is 6. The first-order chi connectivity index (χ1) is 29.9. The van der Waals surface area contributed by atoms with Crippen LogP contribution in [0.3, 0.4) is 0 Å². The zero-order valence-corrected chi connectivity index (χ0v) is 37.4. The van der Waals surface area contributed by atoms with Crippen molar-refractivity contribution < 1.29 is 4.42 Å². The van der Waals surface area contributed by atoms with Gasteiger partial charge in [0.2, 0.25) is 0 Å². The van der Waals surface area contributed by atoms with Gasteiger partial charge in [-0.25, -0.2) is 0 Å². The van der Waals surface area contributed by atoms with E-state index in [9.17, 15) is 0 Å². The van der Waals surface area contributed by atoms with E-state index >= 15 is 0 Å². The highest BCUT2D eigenvalue weighted by Crippen LogP contribution is 2.48. The molecule has 0 spiro atoms. The summed E-state index contributed by atoms with van der Waals surface area (Å²) in [5, 5.41) is 3.70. The molecule has 1 aliphatic carbocycles. The summed E-state index contributed by atoms with van der Waals surface area (Å²) in [5.41, 5.74) is 21.0. The number of allylic oxidation sites excluding steroid dienone is 1. The van der Waals surface area contributed by atoms with E-state index in [1.54, 1.807) is 0 Å². The van der Waals surface area contributed by atoms with E-state index in [1.165, 1.54) is 93.2 Å². The molecule has 12 rings (SSSR count). The Hall–Kier alpha value is -6.30. The van der Waals surface area contributed by atoms with Crippen LogP contribution in [0.5, 0.6) is 0 Å². The third-order valence-electron chi connectivity index (χ3n) is 13.7. The summed E-state index contributed by atoms with van der Waals surface area (Å²) in [7, 11) is 0. The standard InChI is InChI=1S/C57H49BN2OS/c1-34-29-49-54-50(30-34)60(39-25-26-42-41-13-8-10-17-51(41)61-52(42)33-39)48-32-37(57(5,6)7)22-28-46(48)58(54)45-27-21-36(56(2,3)4)31-47(45)59(49)38-23-19-35(20-24-38)40-15-12-16-44-43-14-9-11-18-53(43)62-55(40)44/h8-11,13-15,17-33H,12,16H2,1-7H3. The van der Waals surface area contributed by atoms with Gasteiger partial charge in [0.05, 0.1) is 0 Å². The second kappa shape index (κ2) is 13.4. The van der Waals surface area contributed by atoms with Crippen LogP contribution in [0.25, 0.3) is 37.6 Å². The predicted molar refractivity (Wildman–Crippen MR) is 267 cm³/mol. The van der Waals surface area contributed by atoms with Crippen LogP contribution in [0.4, 0.5) is 34.1 Å². The van der Waals surface area contributed by atoms with Gasteiger partial charge in [-0.05, 0) is 146 Å². The van der Waals surface area contributed by atoms with E-state index in [4.69, 9.17) is 4.42 Å². The first-order valence-corrected chi connectivity index (χ1v) is 23.0. The number of hydrogen-bond acceptors (Lipinski definition) is 4. The largest absolute Gasteiger partial charge is 0.456 e. The van der Waals surface area contributed by atoms with E-state index in [1.807, 2.05) is 11.3 Å². The lowest BCUT2D eigenvalue weighted by atomic mass is 9.33. The molecule has 0 bridgehead atoms. The molecule has 3 nitrogen and oxygen atoms in total. The van der Waals surface area contributed by atoms with Gasteiger partial charge in [0.25, 0.3) is 6.71 Å². The lowest BCUT2D eigenvalue weighted by Gasteiger charge is -2.45. The molecule has 2 aromatic heterocycles. The van der Waals surface area contributed by atoms with E-state index in [-0.39, 0.29) is 17.5 Å². The predicted octanol–water partition coefficient (Wildman–Crippen LogP) is 14.2. The third kappa shape index (κ3) is 5.64. The number of nitrogens with zero attached hydrogens (tertiary/aromatic N) is 2. The Bertz CT molecular complexity index is 3350. The minimum Gasteiger partial charge on any atom is -0.456 e. The van der Waals surface area contributed by atoms with Crippen LogP contribution in [0.1, 0.15) is 80.7 Å². The number of hydrogen-bond donors (Lipinski definition) is 0. The molecule has 2 aliphatic heterocycles. The molecular formula is C57H49BN2OS. The third-order valence-corrected chi connectivity index (χ3v) is 14.9. The van der Waals surface area contributed by atoms with Gasteiger partial charge in [0.1, 0.15) is 11.2 Å². The summed E-state index contributed by atoms with van der Waals surface area (Å²) in [6, 6.07) is 52.9. The summed E-state index contributed by atoms with van der Waals surface area (Å²) in [5.74, 6) is 0. The number of aryl methyl sites for hydroxylation is 2. The summed E-state index contributed by atoms with van der Waals surface area (Å²) in [6.07, 6.45) is 4.63. The van der Waals surface area contributed by atoms with Gasteiger partial charge in [-0.2, -0.15) is 0 Å².